The topological polar surface area (TPSA) is 80.3 Å². The van der Waals surface area contributed by atoms with Crippen molar-refractivity contribution in [1.82, 2.24) is 4.72 Å². The predicted octanol–water partition coefficient (Wildman–Crippen LogP) is 1.33. The summed E-state index contributed by atoms with van der Waals surface area (Å²) in [5, 5.41) is -0.480. The standard InChI is InChI=1S/C11H13Cl2NO4S2/c1-7-2-3-8(12)4-11(7)20(17,18)14-10-6-19(15,16)5-9(10)13/h2-4,9-10,14H,5-6H2,1H3/t9-,10-/m0/s1. The normalized spacial score (nSPS) is 25.8. The number of benzene rings is 1. The summed E-state index contributed by atoms with van der Waals surface area (Å²) in [5.74, 6) is -0.518. The van der Waals surface area contributed by atoms with Crippen molar-refractivity contribution in [3.63, 3.8) is 0 Å². The molecule has 1 heterocycles. The van der Waals surface area contributed by atoms with Gasteiger partial charge in [0.05, 0.1) is 27.8 Å². The largest absolute Gasteiger partial charge is 0.241 e. The molecule has 0 amide bonds. The van der Waals surface area contributed by atoms with Gasteiger partial charge in [-0.3, -0.25) is 0 Å². The molecule has 1 aromatic rings. The Morgan fingerprint density at radius 1 is 1.30 bits per heavy atom. The summed E-state index contributed by atoms with van der Waals surface area (Å²) in [6.45, 7) is 1.63. The molecule has 1 fully saturated rings. The SMILES string of the molecule is Cc1ccc(Cl)cc1S(=O)(=O)N[C@H]1CS(=O)(=O)C[C@@H]1Cl. The zero-order valence-corrected chi connectivity index (χ0v) is 13.7. The number of alkyl halides is 1. The lowest BCUT2D eigenvalue weighted by atomic mass is 10.2. The molecule has 112 valence electrons. The van der Waals surface area contributed by atoms with Gasteiger partial charge in [-0.1, -0.05) is 17.7 Å². The van der Waals surface area contributed by atoms with E-state index >= 15 is 0 Å². The molecule has 1 saturated heterocycles. The highest BCUT2D eigenvalue weighted by Gasteiger charge is 2.39. The fourth-order valence-corrected chi connectivity index (χ4v) is 6.55. The van der Waals surface area contributed by atoms with Crippen molar-refractivity contribution >= 4 is 43.1 Å². The Balaban J connectivity index is 2.31. The molecule has 0 radical (unpaired) electrons. The van der Waals surface area contributed by atoms with Crippen LogP contribution < -0.4 is 4.72 Å². The molecule has 1 N–H and O–H groups in total. The number of sulfonamides is 1. The summed E-state index contributed by atoms with van der Waals surface area (Å²) >= 11 is 11.7. The summed E-state index contributed by atoms with van der Waals surface area (Å²) < 4.78 is 49.8. The van der Waals surface area contributed by atoms with Crippen molar-refractivity contribution in [1.29, 1.82) is 0 Å². The van der Waals surface area contributed by atoms with Crippen LogP contribution in [0.3, 0.4) is 0 Å². The van der Waals surface area contributed by atoms with Gasteiger partial charge in [0.2, 0.25) is 10.0 Å². The van der Waals surface area contributed by atoms with Crippen LogP contribution >= 0.6 is 23.2 Å². The highest BCUT2D eigenvalue weighted by Crippen LogP contribution is 2.23. The van der Waals surface area contributed by atoms with Crippen LogP contribution in [-0.2, 0) is 19.9 Å². The second kappa shape index (κ2) is 5.46. The number of rotatable bonds is 3. The van der Waals surface area contributed by atoms with E-state index in [-0.39, 0.29) is 21.4 Å². The van der Waals surface area contributed by atoms with Gasteiger partial charge < -0.3 is 0 Å². The Morgan fingerprint density at radius 2 is 1.95 bits per heavy atom. The van der Waals surface area contributed by atoms with E-state index in [1.807, 2.05) is 0 Å². The Labute approximate surface area is 128 Å². The van der Waals surface area contributed by atoms with Crippen LogP contribution in [-0.4, -0.2) is 39.8 Å². The minimum absolute atomic E-state index is 0.0261. The maximum absolute atomic E-state index is 12.3. The first-order valence-electron chi connectivity index (χ1n) is 5.74. The van der Waals surface area contributed by atoms with Crippen LogP contribution in [0.5, 0.6) is 0 Å². The summed E-state index contributed by atoms with van der Waals surface area (Å²) in [4.78, 5) is 0.0261. The number of aryl methyl sites for hydroxylation is 1. The molecule has 0 spiro atoms. The van der Waals surface area contributed by atoms with E-state index in [9.17, 15) is 16.8 Å². The number of sulfone groups is 1. The third-order valence-corrected chi connectivity index (χ3v) is 7.27. The van der Waals surface area contributed by atoms with Crippen LogP contribution in [0, 0.1) is 6.92 Å². The summed E-state index contributed by atoms with van der Waals surface area (Å²) in [6, 6.07) is 3.66. The molecule has 2 atom stereocenters. The Kier molecular flexibility index (Phi) is 4.37. The van der Waals surface area contributed by atoms with Crippen molar-refractivity contribution in [3.8, 4) is 0 Å². The molecule has 2 rings (SSSR count). The molecule has 9 heteroatoms. The quantitative estimate of drug-likeness (QED) is 0.827. The summed E-state index contributed by atoms with van der Waals surface area (Å²) in [7, 11) is -7.17. The molecule has 0 saturated carbocycles. The Bertz CT molecular complexity index is 731. The second-order valence-corrected chi connectivity index (χ2v) is 9.56. The molecule has 0 aliphatic carbocycles. The van der Waals surface area contributed by atoms with Crippen LogP contribution in [0.4, 0.5) is 0 Å². The molecule has 0 aromatic heterocycles. The first-order valence-corrected chi connectivity index (χ1v) is 9.85. The number of hydrogen-bond donors (Lipinski definition) is 1. The maximum atomic E-state index is 12.3. The van der Waals surface area contributed by atoms with Gasteiger partial charge in [0.25, 0.3) is 0 Å². The zero-order chi connectivity index (χ0) is 15.1. The lowest BCUT2D eigenvalue weighted by Crippen LogP contribution is -2.40. The molecule has 0 bridgehead atoms. The molecule has 20 heavy (non-hydrogen) atoms. The fourth-order valence-electron chi connectivity index (χ4n) is 2.04. The third kappa shape index (κ3) is 3.46. The van der Waals surface area contributed by atoms with E-state index in [1.54, 1.807) is 19.1 Å². The minimum Gasteiger partial charge on any atom is -0.229 e. The summed E-state index contributed by atoms with van der Waals surface area (Å²) in [5.41, 5.74) is 0.522. The van der Waals surface area contributed by atoms with Gasteiger partial charge in [-0.05, 0) is 24.6 Å². The van der Waals surface area contributed by atoms with Crippen LogP contribution in [0.25, 0.3) is 0 Å². The first-order chi connectivity index (χ1) is 9.11. The molecule has 0 unspecified atom stereocenters. The van der Waals surface area contributed by atoms with Crippen molar-refractivity contribution < 1.29 is 16.8 Å². The molecule has 1 aliphatic rings. The maximum Gasteiger partial charge on any atom is 0.241 e. The van der Waals surface area contributed by atoms with Crippen LogP contribution in [0.1, 0.15) is 5.56 Å². The molecular formula is C11H13Cl2NO4S2. The Hall–Kier alpha value is -0.340. The van der Waals surface area contributed by atoms with Crippen LogP contribution in [0.2, 0.25) is 5.02 Å². The molecule has 5 nitrogen and oxygen atoms in total. The smallest absolute Gasteiger partial charge is 0.229 e. The minimum atomic E-state index is -3.86. The first kappa shape index (κ1) is 16.0. The average molecular weight is 358 g/mol. The average Bonchev–Trinajstić information content (AvgIpc) is 2.54. The summed E-state index contributed by atoms with van der Waals surface area (Å²) in [6.07, 6.45) is 0. The van der Waals surface area contributed by atoms with E-state index in [2.05, 4.69) is 4.72 Å². The van der Waals surface area contributed by atoms with Gasteiger partial charge in [-0.15, -0.1) is 11.6 Å². The molecular weight excluding hydrogens is 345 g/mol. The molecule has 1 aromatic carbocycles. The van der Waals surface area contributed by atoms with E-state index in [4.69, 9.17) is 23.2 Å². The van der Waals surface area contributed by atoms with E-state index in [0.717, 1.165) is 0 Å². The third-order valence-electron chi connectivity index (χ3n) is 3.03. The van der Waals surface area contributed by atoms with Gasteiger partial charge in [0, 0.05) is 5.02 Å². The van der Waals surface area contributed by atoms with E-state index < -0.39 is 31.3 Å². The number of halogens is 2. The fraction of sp³-hybridized carbons (Fsp3) is 0.455. The van der Waals surface area contributed by atoms with Crippen molar-refractivity contribution in [2.24, 2.45) is 0 Å². The van der Waals surface area contributed by atoms with Crippen molar-refractivity contribution in [3.05, 3.63) is 28.8 Å². The van der Waals surface area contributed by atoms with Gasteiger partial charge >= 0.3 is 0 Å². The van der Waals surface area contributed by atoms with Crippen molar-refractivity contribution in [2.45, 2.75) is 23.2 Å². The van der Waals surface area contributed by atoms with Crippen molar-refractivity contribution in [2.75, 3.05) is 11.5 Å². The predicted molar refractivity (Wildman–Crippen MR) is 78.6 cm³/mol. The highest BCUT2D eigenvalue weighted by molar-refractivity contribution is 7.92. The van der Waals surface area contributed by atoms with Gasteiger partial charge in [0.15, 0.2) is 9.84 Å². The van der Waals surface area contributed by atoms with Gasteiger partial charge in [-0.25, -0.2) is 21.6 Å². The Morgan fingerprint density at radius 3 is 2.50 bits per heavy atom. The lowest BCUT2D eigenvalue weighted by Gasteiger charge is -2.16. The van der Waals surface area contributed by atoms with Gasteiger partial charge in [0.1, 0.15) is 0 Å². The lowest BCUT2D eigenvalue weighted by molar-refractivity contribution is 0.563. The number of hydrogen-bond acceptors (Lipinski definition) is 4. The zero-order valence-electron chi connectivity index (χ0n) is 10.5. The number of nitrogens with one attached hydrogen (secondary N) is 1. The van der Waals surface area contributed by atoms with Gasteiger partial charge in [-0.2, -0.15) is 0 Å². The highest BCUT2D eigenvalue weighted by atomic mass is 35.5. The van der Waals surface area contributed by atoms with E-state index in [0.29, 0.717) is 5.56 Å². The van der Waals surface area contributed by atoms with Crippen LogP contribution in [0.15, 0.2) is 23.1 Å². The molecule has 1 aliphatic heterocycles. The van der Waals surface area contributed by atoms with E-state index in [1.165, 1.54) is 6.07 Å². The second-order valence-electron chi connectivity index (χ2n) is 4.73. The monoisotopic (exact) mass is 357 g/mol.